The van der Waals surface area contributed by atoms with Crippen LogP contribution in [-0.4, -0.2) is 56.0 Å². The van der Waals surface area contributed by atoms with Crippen molar-refractivity contribution in [2.45, 2.75) is 19.9 Å². The van der Waals surface area contributed by atoms with Gasteiger partial charge in [0.1, 0.15) is 11.8 Å². The van der Waals surface area contributed by atoms with Gasteiger partial charge in [-0.2, -0.15) is 0 Å². The van der Waals surface area contributed by atoms with E-state index in [2.05, 4.69) is 10.2 Å². The number of benzene rings is 1. The number of ether oxygens (including phenoxy) is 1. The van der Waals surface area contributed by atoms with Crippen LogP contribution in [0.25, 0.3) is 0 Å². The smallest absolute Gasteiger partial charge is 0.262 e. The molecule has 1 aliphatic heterocycles. The summed E-state index contributed by atoms with van der Waals surface area (Å²) in [5.41, 5.74) is 1.12. The second kappa shape index (κ2) is 9.10. The van der Waals surface area contributed by atoms with Crippen LogP contribution in [0.2, 0.25) is 0 Å². The number of methoxy groups -OCH3 is 1. The Balaban J connectivity index is 1.59. The Labute approximate surface area is 170 Å². The molecule has 1 fully saturated rings. The van der Waals surface area contributed by atoms with Crippen molar-refractivity contribution in [3.05, 3.63) is 46.7 Å². The number of thiophene rings is 1. The molecule has 7 heteroatoms. The van der Waals surface area contributed by atoms with Crippen molar-refractivity contribution >= 4 is 28.8 Å². The average Bonchev–Trinajstić information content (AvgIpc) is 3.26. The van der Waals surface area contributed by atoms with Gasteiger partial charge in [-0.1, -0.05) is 19.9 Å². The minimum absolute atomic E-state index is 0.00529. The number of carbonyl (C=O) groups excluding carboxylic acids is 2. The van der Waals surface area contributed by atoms with Crippen LogP contribution >= 0.6 is 11.3 Å². The number of nitrogens with zero attached hydrogens (tertiary/aromatic N) is 2. The lowest BCUT2D eigenvalue weighted by Gasteiger charge is -2.38. The first-order valence-electron chi connectivity index (χ1n) is 9.51. The fraction of sp³-hybridized carbons (Fsp3) is 0.429. The van der Waals surface area contributed by atoms with Crippen LogP contribution in [0.5, 0.6) is 5.75 Å². The van der Waals surface area contributed by atoms with Gasteiger partial charge in [0.05, 0.1) is 12.0 Å². The van der Waals surface area contributed by atoms with Crippen molar-refractivity contribution in [2.75, 3.05) is 38.2 Å². The number of piperazine rings is 1. The molecule has 28 heavy (non-hydrogen) atoms. The number of hydrogen-bond acceptors (Lipinski definition) is 5. The lowest BCUT2D eigenvalue weighted by atomic mass is 10.0. The summed E-state index contributed by atoms with van der Waals surface area (Å²) in [5, 5.41) is 4.78. The number of amides is 2. The van der Waals surface area contributed by atoms with Gasteiger partial charge in [0.2, 0.25) is 5.91 Å². The molecule has 0 radical (unpaired) electrons. The fourth-order valence-corrected chi connectivity index (χ4v) is 3.94. The third kappa shape index (κ3) is 4.65. The molecule has 3 rings (SSSR count). The zero-order valence-electron chi connectivity index (χ0n) is 16.6. The van der Waals surface area contributed by atoms with Crippen molar-refractivity contribution in [2.24, 2.45) is 5.92 Å². The maximum atomic E-state index is 13.1. The van der Waals surface area contributed by atoms with Crippen LogP contribution in [0.4, 0.5) is 5.69 Å². The lowest BCUT2D eigenvalue weighted by molar-refractivity contribution is -0.134. The molecule has 0 aliphatic carbocycles. The Bertz CT molecular complexity index is 782. The monoisotopic (exact) mass is 401 g/mol. The van der Waals surface area contributed by atoms with E-state index in [1.165, 1.54) is 11.3 Å². The summed E-state index contributed by atoms with van der Waals surface area (Å²) >= 11 is 1.38. The molecule has 0 unspecified atom stereocenters. The first kappa shape index (κ1) is 20.2. The molecule has 150 valence electrons. The summed E-state index contributed by atoms with van der Waals surface area (Å²) in [5.74, 6) is 0.669. The average molecular weight is 402 g/mol. The predicted molar refractivity (Wildman–Crippen MR) is 112 cm³/mol. The summed E-state index contributed by atoms with van der Waals surface area (Å²) in [6.07, 6.45) is 0. The van der Waals surface area contributed by atoms with E-state index in [-0.39, 0.29) is 17.7 Å². The minimum Gasteiger partial charge on any atom is -0.497 e. The van der Waals surface area contributed by atoms with Crippen LogP contribution in [0.1, 0.15) is 23.5 Å². The molecular weight excluding hydrogens is 374 g/mol. The van der Waals surface area contributed by atoms with Gasteiger partial charge in [-0.15, -0.1) is 11.3 Å². The Hall–Kier alpha value is -2.54. The quantitative estimate of drug-likeness (QED) is 0.809. The number of rotatable bonds is 6. The van der Waals surface area contributed by atoms with E-state index < -0.39 is 6.04 Å². The molecule has 0 bridgehead atoms. The van der Waals surface area contributed by atoms with E-state index in [9.17, 15) is 9.59 Å². The van der Waals surface area contributed by atoms with Crippen LogP contribution in [0.15, 0.2) is 41.8 Å². The highest BCUT2D eigenvalue weighted by atomic mass is 32.1. The van der Waals surface area contributed by atoms with Crippen molar-refractivity contribution < 1.29 is 14.3 Å². The number of anilines is 1. The van der Waals surface area contributed by atoms with Gasteiger partial charge in [-0.3, -0.25) is 9.59 Å². The van der Waals surface area contributed by atoms with E-state index in [4.69, 9.17) is 4.74 Å². The predicted octanol–water partition coefficient (Wildman–Crippen LogP) is 2.86. The molecular formula is C21H27N3O3S. The topological polar surface area (TPSA) is 61.9 Å². The summed E-state index contributed by atoms with van der Waals surface area (Å²) in [6.45, 7) is 6.74. The third-order valence-corrected chi connectivity index (χ3v) is 5.86. The molecule has 6 nitrogen and oxygen atoms in total. The van der Waals surface area contributed by atoms with Gasteiger partial charge in [0.15, 0.2) is 0 Å². The molecule has 1 N–H and O–H groups in total. The summed E-state index contributed by atoms with van der Waals surface area (Å²) in [6, 6.07) is 11.1. The Morgan fingerprint density at radius 3 is 2.29 bits per heavy atom. The van der Waals surface area contributed by atoms with Gasteiger partial charge in [0, 0.05) is 31.9 Å². The normalized spacial score (nSPS) is 15.4. The molecule has 2 heterocycles. The van der Waals surface area contributed by atoms with Crippen LogP contribution in [0.3, 0.4) is 0 Å². The van der Waals surface area contributed by atoms with Crippen LogP contribution < -0.4 is 15.0 Å². The third-order valence-electron chi connectivity index (χ3n) is 4.99. The highest BCUT2D eigenvalue weighted by molar-refractivity contribution is 7.12. The highest BCUT2D eigenvalue weighted by Crippen LogP contribution is 2.21. The second-order valence-corrected chi connectivity index (χ2v) is 8.13. The van der Waals surface area contributed by atoms with Crippen molar-refractivity contribution in [1.82, 2.24) is 10.2 Å². The van der Waals surface area contributed by atoms with Gasteiger partial charge in [-0.05, 0) is 41.6 Å². The summed E-state index contributed by atoms with van der Waals surface area (Å²) in [7, 11) is 1.65. The molecule has 1 aromatic carbocycles. The van der Waals surface area contributed by atoms with Gasteiger partial charge >= 0.3 is 0 Å². The minimum atomic E-state index is -0.512. The largest absolute Gasteiger partial charge is 0.497 e. The second-order valence-electron chi connectivity index (χ2n) is 7.18. The molecule has 1 aromatic heterocycles. The number of carbonyl (C=O) groups is 2. The molecule has 2 amide bonds. The van der Waals surface area contributed by atoms with Crippen molar-refractivity contribution in [3.63, 3.8) is 0 Å². The van der Waals surface area contributed by atoms with E-state index in [0.29, 0.717) is 18.0 Å². The van der Waals surface area contributed by atoms with Gasteiger partial charge in [-0.25, -0.2) is 0 Å². The molecule has 0 spiro atoms. The molecule has 1 atom stereocenters. The number of nitrogens with one attached hydrogen (secondary N) is 1. The Morgan fingerprint density at radius 1 is 1.07 bits per heavy atom. The zero-order chi connectivity index (χ0) is 20.1. The van der Waals surface area contributed by atoms with E-state index >= 15 is 0 Å². The van der Waals surface area contributed by atoms with Gasteiger partial charge < -0.3 is 19.9 Å². The summed E-state index contributed by atoms with van der Waals surface area (Å²) in [4.78, 5) is 30.2. The van der Waals surface area contributed by atoms with Crippen molar-refractivity contribution in [3.8, 4) is 5.75 Å². The van der Waals surface area contributed by atoms with E-state index in [1.807, 2.05) is 54.5 Å². The van der Waals surface area contributed by atoms with Crippen LogP contribution in [0, 0.1) is 5.92 Å². The van der Waals surface area contributed by atoms with Crippen molar-refractivity contribution in [1.29, 1.82) is 0 Å². The molecule has 0 saturated carbocycles. The molecule has 1 aliphatic rings. The first-order chi connectivity index (χ1) is 13.5. The Kier molecular flexibility index (Phi) is 6.57. The first-order valence-corrected chi connectivity index (χ1v) is 10.4. The SMILES string of the molecule is COc1ccc(N2CCN(C(=O)[C@@H](NC(=O)c3cccs3)C(C)C)CC2)cc1. The fourth-order valence-electron chi connectivity index (χ4n) is 3.31. The number of hydrogen-bond donors (Lipinski definition) is 1. The Morgan fingerprint density at radius 2 is 1.75 bits per heavy atom. The van der Waals surface area contributed by atoms with Crippen LogP contribution in [-0.2, 0) is 4.79 Å². The standard InChI is InChI=1S/C21H27N3O3S/c1-15(2)19(22-20(25)18-5-4-14-28-18)21(26)24-12-10-23(11-13-24)16-6-8-17(27-3)9-7-16/h4-9,14-15,19H,10-13H2,1-3H3,(H,22,25)/t19-/m0/s1. The molecule has 1 saturated heterocycles. The maximum absolute atomic E-state index is 13.1. The summed E-state index contributed by atoms with van der Waals surface area (Å²) < 4.78 is 5.21. The van der Waals surface area contributed by atoms with E-state index in [0.717, 1.165) is 24.5 Å². The van der Waals surface area contributed by atoms with Gasteiger partial charge in [0.25, 0.3) is 5.91 Å². The lowest BCUT2D eigenvalue weighted by Crippen LogP contribution is -2.56. The zero-order valence-corrected chi connectivity index (χ0v) is 17.4. The highest BCUT2D eigenvalue weighted by Gasteiger charge is 2.31. The molecule has 2 aromatic rings. The van der Waals surface area contributed by atoms with E-state index in [1.54, 1.807) is 13.2 Å². The maximum Gasteiger partial charge on any atom is 0.262 e.